The Morgan fingerprint density at radius 1 is 1.43 bits per heavy atom. The third-order valence-electron chi connectivity index (χ3n) is 2.69. The number of nitro groups is 1. The van der Waals surface area contributed by atoms with Crippen molar-refractivity contribution in [1.82, 2.24) is 25.5 Å². The van der Waals surface area contributed by atoms with E-state index >= 15 is 0 Å². The first-order valence-electron chi connectivity index (χ1n) is 6.40. The summed E-state index contributed by atoms with van der Waals surface area (Å²) >= 11 is 0. The Bertz CT molecular complexity index is 642. The zero-order valence-corrected chi connectivity index (χ0v) is 11.7. The average molecular weight is 294 g/mol. The second-order valence-electron chi connectivity index (χ2n) is 4.96. The van der Waals surface area contributed by atoms with Gasteiger partial charge in [0.2, 0.25) is 0 Å². The number of aromatic nitrogens is 4. The van der Waals surface area contributed by atoms with Crippen LogP contribution < -0.4 is 5.32 Å². The first-order chi connectivity index (χ1) is 9.97. The molecule has 8 nitrogen and oxygen atoms in total. The number of hydrogen-bond acceptors (Lipinski definition) is 6. The normalized spacial score (nSPS) is 11.0. The van der Waals surface area contributed by atoms with Gasteiger partial charge in [0.1, 0.15) is 5.82 Å². The van der Waals surface area contributed by atoms with E-state index in [1.54, 1.807) is 0 Å². The maximum Gasteiger partial charge on any atom is 0.274 e. The zero-order chi connectivity index (χ0) is 15.4. The number of hydrogen-bond donors (Lipinski definition) is 1. The Labute approximate surface area is 120 Å². The quantitative estimate of drug-likeness (QED) is 0.639. The highest BCUT2D eigenvalue weighted by atomic mass is 19.1. The van der Waals surface area contributed by atoms with E-state index in [0.717, 1.165) is 18.7 Å². The number of rotatable bonds is 6. The lowest BCUT2D eigenvalue weighted by atomic mass is 10.2. The van der Waals surface area contributed by atoms with Crippen LogP contribution in [-0.4, -0.2) is 31.7 Å². The lowest BCUT2D eigenvalue weighted by Crippen LogP contribution is -2.21. The van der Waals surface area contributed by atoms with Gasteiger partial charge in [-0.2, -0.15) is 4.68 Å². The van der Waals surface area contributed by atoms with Crippen molar-refractivity contribution in [3.05, 3.63) is 40.0 Å². The van der Waals surface area contributed by atoms with Gasteiger partial charge >= 0.3 is 0 Å². The number of nitro benzene ring substituents is 1. The fraction of sp³-hybridized carbons (Fsp3) is 0.417. The van der Waals surface area contributed by atoms with Gasteiger partial charge in [-0.3, -0.25) is 10.1 Å². The molecule has 9 heteroatoms. The summed E-state index contributed by atoms with van der Waals surface area (Å²) in [6.45, 7) is 5.28. The van der Waals surface area contributed by atoms with Crippen molar-refractivity contribution in [2.24, 2.45) is 5.92 Å². The van der Waals surface area contributed by atoms with Gasteiger partial charge in [0.05, 0.1) is 23.2 Å². The topological polar surface area (TPSA) is 98.8 Å². The van der Waals surface area contributed by atoms with Gasteiger partial charge in [0.25, 0.3) is 5.69 Å². The minimum Gasteiger partial charge on any atom is -0.310 e. The van der Waals surface area contributed by atoms with Gasteiger partial charge in [-0.25, -0.2) is 4.39 Å². The summed E-state index contributed by atoms with van der Waals surface area (Å²) in [6, 6.07) is 3.23. The highest BCUT2D eigenvalue weighted by molar-refractivity contribution is 5.43. The molecule has 0 amide bonds. The van der Waals surface area contributed by atoms with E-state index in [4.69, 9.17) is 0 Å². The van der Waals surface area contributed by atoms with Crippen molar-refractivity contribution in [3.8, 4) is 5.69 Å². The fourth-order valence-corrected chi connectivity index (χ4v) is 1.78. The Kier molecular flexibility index (Phi) is 4.53. The van der Waals surface area contributed by atoms with Crippen molar-refractivity contribution in [3.63, 3.8) is 0 Å². The minimum absolute atomic E-state index is 0.216. The number of nitrogens with one attached hydrogen (secondary N) is 1. The first-order valence-corrected chi connectivity index (χ1v) is 6.40. The monoisotopic (exact) mass is 294 g/mol. The maximum absolute atomic E-state index is 13.5. The molecule has 0 spiro atoms. The molecule has 0 radical (unpaired) electrons. The molecular formula is C12H15FN6O2. The van der Waals surface area contributed by atoms with Crippen LogP contribution in [0.25, 0.3) is 5.69 Å². The van der Waals surface area contributed by atoms with Crippen molar-refractivity contribution in [2.45, 2.75) is 20.4 Å². The SMILES string of the molecule is CC(C)CNCc1nnnn1-c1cc(F)cc([N+](=O)[O-])c1. The van der Waals surface area contributed by atoms with Crippen LogP contribution >= 0.6 is 0 Å². The van der Waals surface area contributed by atoms with E-state index in [2.05, 4.69) is 34.7 Å². The largest absolute Gasteiger partial charge is 0.310 e. The van der Waals surface area contributed by atoms with Crippen LogP contribution in [0.1, 0.15) is 19.7 Å². The highest BCUT2D eigenvalue weighted by Crippen LogP contribution is 2.19. The van der Waals surface area contributed by atoms with Crippen molar-refractivity contribution in [2.75, 3.05) is 6.54 Å². The van der Waals surface area contributed by atoms with E-state index in [0.29, 0.717) is 18.3 Å². The summed E-state index contributed by atoms with van der Waals surface area (Å²) in [4.78, 5) is 10.1. The van der Waals surface area contributed by atoms with E-state index in [1.807, 2.05) is 0 Å². The molecule has 0 saturated carbocycles. The second kappa shape index (κ2) is 6.35. The van der Waals surface area contributed by atoms with Crippen LogP contribution in [0.5, 0.6) is 0 Å². The van der Waals surface area contributed by atoms with E-state index < -0.39 is 10.7 Å². The van der Waals surface area contributed by atoms with Crippen LogP contribution in [0.15, 0.2) is 18.2 Å². The van der Waals surface area contributed by atoms with Crippen LogP contribution in [0, 0.1) is 21.8 Å². The fourth-order valence-electron chi connectivity index (χ4n) is 1.78. The molecule has 112 valence electrons. The Hall–Kier alpha value is -2.42. The summed E-state index contributed by atoms with van der Waals surface area (Å²) in [5.41, 5.74) is -0.130. The summed E-state index contributed by atoms with van der Waals surface area (Å²) in [6.07, 6.45) is 0. The first kappa shape index (κ1) is 15.0. The van der Waals surface area contributed by atoms with Crippen molar-refractivity contribution >= 4 is 5.69 Å². The molecule has 0 bridgehead atoms. The average Bonchev–Trinajstić information content (AvgIpc) is 2.86. The molecule has 1 aromatic carbocycles. The number of nitrogens with zero attached hydrogens (tertiary/aromatic N) is 5. The maximum atomic E-state index is 13.5. The highest BCUT2D eigenvalue weighted by Gasteiger charge is 2.14. The van der Waals surface area contributed by atoms with E-state index in [9.17, 15) is 14.5 Å². The lowest BCUT2D eigenvalue weighted by molar-refractivity contribution is -0.385. The molecule has 2 aromatic rings. The molecule has 0 atom stereocenters. The molecule has 0 aliphatic carbocycles. The number of benzene rings is 1. The Balaban J connectivity index is 2.26. The zero-order valence-electron chi connectivity index (χ0n) is 11.7. The van der Waals surface area contributed by atoms with Crippen LogP contribution in [0.4, 0.5) is 10.1 Å². The molecule has 1 aromatic heterocycles. The van der Waals surface area contributed by atoms with Gasteiger partial charge in [-0.1, -0.05) is 13.8 Å². The molecule has 21 heavy (non-hydrogen) atoms. The summed E-state index contributed by atoms with van der Waals surface area (Å²) in [5.74, 6) is 0.205. The molecule has 0 aliphatic heterocycles. The molecule has 1 N–H and O–H groups in total. The summed E-state index contributed by atoms with van der Waals surface area (Å²) in [7, 11) is 0. The second-order valence-corrected chi connectivity index (χ2v) is 4.96. The third-order valence-corrected chi connectivity index (χ3v) is 2.69. The lowest BCUT2D eigenvalue weighted by Gasteiger charge is -2.08. The summed E-state index contributed by atoms with van der Waals surface area (Å²) < 4.78 is 14.7. The minimum atomic E-state index is -0.712. The third kappa shape index (κ3) is 3.78. The summed E-state index contributed by atoms with van der Waals surface area (Å²) in [5, 5.41) is 25.1. The molecule has 0 unspecified atom stereocenters. The van der Waals surface area contributed by atoms with Gasteiger partial charge in [-0.15, -0.1) is 5.10 Å². The predicted molar refractivity (Wildman–Crippen MR) is 72.3 cm³/mol. The molecule has 2 rings (SSSR count). The molecule has 0 fully saturated rings. The molecule has 1 heterocycles. The van der Waals surface area contributed by atoms with Crippen molar-refractivity contribution in [1.29, 1.82) is 0 Å². The molecular weight excluding hydrogens is 279 g/mol. The van der Waals surface area contributed by atoms with Crippen molar-refractivity contribution < 1.29 is 9.31 Å². The smallest absolute Gasteiger partial charge is 0.274 e. The Morgan fingerprint density at radius 2 is 2.19 bits per heavy atom. The van der Waals surface area contributed by atoms with Gasteiger partial charge in [0.15, 0.2) is 5.82 Å². The van der Waals surface area contributed by atoms with Crippen LogP contribution in [0.3, 0.4) is 0 Å². The van der Waals surface area contributed by atoms with E-state index in [1.165, 1.54) is 10.7 Å². The Morgan fingerprint density at radius 3 is 2.86 bits per heavy atom. The van der Waals surface area contributed by atoms with E-state index in [-0.39, 0.29) is 11.4 Å². The number of halogens is 1. The van der Waals surface area contributed by atoms with Crippen LogP contribution in [0.2, 0.25) is 0 Å². The van der Waals surface area contributed by atoms with Gasteiger partial charge < -0.3 is 5.32 Å². The molecule has 0 saturated heterocycles. The van der Waals surface area contributed by atoms with Gasteiger partial charge in [0, 0.05) is 12.1 Å². The van der Waals surface area contributed by atoms with Crippen LogP contribution in [-0.2, 0) is 6.54 Å². The van der Waals surface area contributed by atoms with Gasteiger partial charge in [-0.05, 0) is 22.9 Å². The molecule has 0 aliphatic rings. The predicted octanol–water partition coefficient (Wildman–Crippen LogP) is 1.46. The number of non-ortho nitro benzene ring substituents is 1. The standard InChI is InChI=1S/C12H15FN6O2/c1-8(2)6-14-7-12-15-16-17-18(12)10-3-9(13)4-11(5-10)19(20)21/h3-5,8,14H,6-7H2,1-2H3. The number of tetrazole rings is 1.